The second-order valence-corrected chi connectivity index (χ2v) is 9.49. The molecule has 0 saturated carbocycles. The topological polar surface area (TPSA) is 122 Å². The van der Waals surface area contributed by atoms with Crippen molar-refractivity contribution >= 4 is 26.7 Å². The molecule has 1 aliphatic heterocycles. The van der Waals surface area contributed by atoms with E-state index in [0.29, 0.717) is 37.6 Å². The predicted octanol–water partition coefficient (Wildman–Crippen LogP) is 2.52. The average Bonchev–Trinajstić information content (AvgIpc) is 3.26. The van der Waals surface area contributed by atoms with Crippen molar-refractivity contribution < 1.29 is 27.0 Å². The Morgan fingerprint density at radius 1 is 1.32 bits per heavy atom. The molecule has 1 fully saturated rings. The number of H-pyrrole nitrogens is 1. The minimum absolute atomic E-state index is 0.118. The number of rotatable bonds is 5. The lowest BCUT2D eigenvalue weighted by molar-refractivity contribution is 0.0161. The van der Waals surface area contributed by atoms with E-state index in [2.05, 4.69) is 10.2 Å². The van der Waals surface area contributed by atoms with Gasteiger partial charge in [-0.2, -0.15) is 9.40 Å². The first kappa shape index (κ1) is 21.5. The third-order valence-corrected chi connectivity index (χ3v) is 7.44. The molecule has 166 valence electrons. The zero-order chi connectivity index (χ0) is 22.6. The van der Waals surface area contributed by atoms with Crippen LogP contribution in [0, 0.1) is 6.92 Å². The van der Waals surface area contributed by atoms with Gasteiger partial charge in [-0.1, -0.05) is 6.07 Å². The van der Waals surface area contributed by atoms with Gasteiger partial charge in [-0.25, -0.2) is 17.2 Å². The summed E-state index contributed by atoms with van der Waals surface area (Å²) in [5.41, 5.74) is 8.63. The highest BCUT2D eigenvalue weighted by atomic mass is 32.2. The Morgan fingerprint density at radius 3 is 2.68 bits per heavy atom. The number of benzene rings is 2. The lowest BCUT2D eigenvalue weighted by Gasteiger charge is -2.22. The van der Waals surface area contributed by atoms with Gasteiger partial charge in [0.2, 0.25) is 10.0 Å². The Morgan fingerprint density at radius 2 is 2.03 bits per heavy atom. The maximum absolute atomic E-state index is 13.8. The molecule has 1 aromatic heterocycles. The van der Waals surface area contributed by atoms with Gasteiger partial charge in [0.25, 0.3) is 5.92 Å². The number of methoxy groups -OCH3 is 1. The number of hydrogen-bond acceptors (Lipinski definition) is 6. The van der Waals surface area contributed by atoms with E-state index in [1.807, 2.05) is 0 Å². The lowest BCUT2D eigenvalue weighted by atomic mass is 9.98. The molecule has 0 radical (unpaired) electrons. The molecule has 0 aliphatic carbocycles. The third-order valence-electron chi connectivity index (χ3n) is 5.55. The molecule has 31 heavy (non-hydrogen) atoms. The van der Waals surface area contributed by atoms with E-state index in [9.17, 15) is 22.3 Å². The maximum Gasteiger partial charge on any atom is 0.263 e. The first-order valence-electron chi connectivity index (χ1n) is 9.51. The van der Waals surface area contributed by atoms with Crippen molar-refractivity contribution in [2.75, 3.05) is 26.0 Å². The molecule has 11 heteroatoms. The standard InChI is InChI=1S/C20H22F2N4O4S/c1-11-7-13(31(28,29)26-10-20(21,22)8-12(26)9-27)3-4-14(11)15-5-6-16-17(18(15)30-2)19(23)25-24-16/h3-7,12,27H,8-10H2,1-2H3,(H3,23,24,25)/t12-/m0/s1. The molecular weight excluding hydrogens is 430 g/mol. The van der Waals surface area contributed by atoms with Crippen LogP contribution >= 0.6 is 0 Å². The van der Waals surface area contributed by atoms with Crippen LogP contribution in [0.1, 0.15) is 12.0 Å². The number of anilines is 1. The molecule has 3 aromatic rings. The molecule has 0 bridgehead atoms. The molecule has 1 saturated heterocycles. The molecule has 0 spiro atoms. The maximum atomic E-state index is 13.8. The Hall–Kier alpha value is -2.76. The van der Waals surface area contributed by atoms with Gasteiger partial charge in [0.05, 0.1) is 42.1 Å². The number of nitrogen functional groups attached to an aromatic ring is 1. The summed E-state index contributed by atoms with van der Waals surface area (Å²) in [6.07, 6.45) is -0.705. The van der Waals surface area contributed by atoms with E-state index >= 15 is 0 Å². The van der Waals surface area contributed by atoms with Crippen LogP contribution in [0.2, 0.25) is 0 Å². The number of nitrogens with one attached hydrogen (secondary N) is 1. The van der Waals surface area contributed by atoms with Gasteiger partial charge < -0.3 is 15.6 Å². The van der Waals surface area contributed by atoms with Crippen LogP contribution in [0.25, 0.3) is 22.0 Å². The summed E-state index contributed by atoms with van der Waals surface area (Å²) < 4.78 is 59.9. The summed E-state index contributed by atoms with van der Waals surface area (Å²) >= 11 is 0. The number of nitrogens with zero attached hydrogens (tertiary/aromatic N) is 2. The number of aliphatic hydroxyl groups excluding tert-OH is 1. The predicted molar refractivity (Wildman–Crippen MR) is 112 cm³/mol. The number of hydrogen-bond donors (Lipinski definition) is 3. The van der Waals surface area contributed by atoms with Gasteiger partial charge in [0.1, 0.15) is 5.75 Å². The van der Waals surface area contributed by atoms with Crippen molar-refractivity contribution in [2.24, 2.45) is 0 Å². The number of aliphatic hydroxyl groups is 1. The molecular formula is C20H22F2N4O4S. The molecule has 1 atom stereocenters. The van der Waals surface area contributed by atoms with Crippen LogP contribution in [-0.2, 0) is 10.0 Å². The van der Waals surface area contributed by atoms with Crippen LogP contribution in [-0.4, -0.2) is 60.3 Å². The van der Waals surface area contributed by atoms with E-state index < -0.39 is 41.6 Å². The van der Waals surface area contributed by atoms with E-state index in [1.54, 1.807) is 25.1 Å². The van der Waals surface area contributed by atoms with Crippen molar-refractivity contribution in [3.8, 4) is 16.9 Å². The van der Waals surface area contributed by atoms with Crippen LogP contribution in [0.5, 0.6) is 5.75 Å². The molecule has 2 aromatic carbocycles. The van der Waals surface area contributed by atoms with Crippen LogP contribution < -0.4 is 10.5 Å². The number of halogens is 2. The van der Waals surface area contributed by atoms with Crippen LogP contribution in [0.4, 0.5) is 14.6 Å². The summed E-state index contributed by atoms with van der Waals surface area (Å²) in [6.45, 7) is 0.0969. The van der Waals surface area contributed by atoms with E-state index in [4.69, 9.17) is 10.5 Å². The molecule has 1 aliphatic rings. The molecule has 4 rings (SSSR count). The fourth-order valence-corrected chi connectivity index (χ4v) is 5.80. The van der Waals surface area contributed by atoms with Crippen molar-refractivity contribution in [1.82, 2.24) is 14.5 Å². The zero-order valence-electron chi connectivity index (χ0n) is 16.9. The smallest absolute Gasteiger partial charge is 0.263 e. The number of aryl methyl sites for hydroxylation is 1. The number of sulfonamides is 1. The molecule has 2 heterocycles. The van der Waals surface area contributed by atoms with Crippen molar-refractivity contribution in [1.29, 1.82) is 0 Å². The van der Waals surface area contributed by atoms with Gasteiger partial charge in [-0.05, 0) is 42.3 Å². The van der Waals surface area contributed by atoms with Crippen LogP contribution in [0.15, 0.2) is 35.2 Å². The second kappa shape index (κ2) is 7.43. The highest BCUT2D eigenvalue weighted by molar-refractivity contribution is 7.89. The number of nitrogens with two attached hydrogens (primary N) is 1. The first-order valence-corrected chi connectivity index (χ1v) is 10.9. The molecule has 0 unspecified atom stereocenters. The summed E-state index contributed by atoms with van der Waals surface area (Å²) in [6, 6.07) is 6.83. The van der Waals surface area contributed by atoms with Gasteiger partial charge in [-0.15, -0.1) is 0 Å². The monoisotopic (exact) mass is 452 g/mol. The van der Waals surface area contributed by atoms with Gasteiger partial charge >= 0.3 is 0 Å². The summed E-state index contributed by atoms with van der Waals surface area (Å²) in [4.78, 5) is -0.118. The number of fused-ring (bicyclic) bond motifs is 1. The zero-order valence-corrected chi connectivity index (χ0v) is 17.7. The SMILES string of the molecule is COc1c(-c2ccc(S(=O)(=O)N3CC(F)(F)C[C@H]3CO)cc2C)ccc2[nH]nc(N)c12. The van der Waals surface area contributed by atoms with Crippen molar-refractivity contribution in [3.05, 3.63) is 35.9 Å². The summed E-state index contributed by atoms with van der Waals surface area (Å²) in [5, 5.41) is 16.8. The Bertz CT molecular complexity index is 1260. The Balaban J connectivity index is 1.78. The summed E-state index contributed by atoms with van der Waals surface area (Å²) in [7, 11) is -2.71. The normalized spacial score (nSPS) is 19.2. The minimum Gasteiger partial charge on any atom is -0.495 e. The minimum atomic E-state index is -4.21. The fraction of sp³-hybridized carbons (Fsp3) is 0.350. The molecule has 8 nitrogen and oxygen atoms in total. The van der Waals surface area contributed by atoms with Crippen molar-refractivity contribution in [3.63, 3.8) is 0 Å². The number of ether oxygens (including phenoxy) is 1. The highest BCUT2D eigenvalue weighted by Crippen LogP contribution is 2.41. The number of aromatic nitrogens is 2. The van der Waals surface area contributed by atoms with Gasteiger partial charge in [0, 0.05) is 12.0 Å². The average molecular weight is 452 g/mol. The van der Waals surface area contributed by atoms with E-state index in [0.717, 1.165) is 0 Å². The summed E-state index contributed by atoms with van der Waals surface area (Å²) in [5.74, 6) is -2.42. The van der Waals surface area contributed by atoms with E-state index in [-0.39, 0.29) is 10.7 Å². The fourth-order valence-electron chi connectivity index (χ4n) is 4.07. The second-order valence-electron chi connectivity index (χ2n) is 7.60. The Kier molecular flexibility index (Phi) is 5.15. The third kappa shape index (κ3) is 3.52. The lowest BCUT2D eigenvalue weighted by Crippen LogP contribution is -2.38. The van der Waals surface area contributed by atoms with E-state index in [1.165, 1.54) is 19.2 Å². The van der Waals surface area contributed by atoms with Gasteiger partial charge in [0.15, 0.2) is 5.82 Å². The highest BCUT2D eigenvalue weighted by Gasteiger charge is 2.49. The first-order chi connectivity index (χ1) is 14.6. The Labute approximate surface area is 177 Å². The number of alkyl halides is 2. The largest absolute Gasteiger partial charge is 0.495 e. The van der Waals surface area contributed by atoms with Gasteiger partial charge in [-0.3, -0.25) is 5.10 Å². The number of aromatic amines is 1. The molecule has 0 amide bonds. The molecule has 4 N–H and O–H groups in total. The van der Waals surface area contributed by atoms with Crippen molar-refractivity contribution in [2.45, 2.75) is 30.2 Å². The van der Waals surface area contributed by atoms with Crippen LogP contribution in [0.3, 0.4) is 0 Å². The quantitative estimate of drug-likeness (QED) is 0.547.